The Balaban J connectivity index is 1.76. The van der Waals surface area contributed by atoms with Crippen molar-refractivity contribution in [2.75, 3.05) is 0 Å². The normalized spacial score (nSPS) is 11.3. The maximum atomic E-state index is 11.2. The molecule has 0 amide bonds. The van der Waals surface area contributed by atoms with Crippen molar-refractivity contribution in [3.8, 4) is 11.5 Å². The molecular formula is C16H13NO4. The average molecular weight is 283 g/mol. The van der Waals surface area contributed by atoms with Gasteiger partial charge in [0.05, 0.1) is 0 Å². The van der Waals surface area contributed by atoms with Crippen molar-refractivity contribution >= 4 is 16.9 Å². The lowest BCUT2D eigenvalue weighted by molar-refractivity contribution is -0.139. The van der Waals surface area contributed by atoms with Gasteiger partial charge >= 0.3 is 5.97 Å². The van der Waals surface area contributed by atoms with E-state index in [9.17, 15) is 4.79 Å². The Morgan fingerprint density at radius 1 is 1.29 bits per heavy atom. The van der Waals surface area contributed by atoms with Gasteiger partial charge < -0.3 is 13.7 Å². The number of allylic oxidation sites excluding steroid dienone is 1. The summed E-state index contributed by atoms with van der Waals surface area (Å²) < 4.78 is 15.9. The summed E-state index contributed by atoms with van der Waals surface area (Å²) in [5, 5.41) is 4.85. The van der Waals surface area contributed by atoms with Crippen molar-refractivity contribution in [1.82, 2.24) is 5.16 Å². The van der Waals surface area contributed by atoms with Crippen LogP contribution in [0.3, 0.4) is 0 Å². The van der Waals surface area contributed by atoms with E-state index in [-0.39, 0.29) is 6.61 Å². The monoisotopic (exact) mass is 283 g/mol. The van der Waals surface area contributed by atoms with Gasteiger partial charge in [0, 0.05) is 17.5 Å². The summed E-state index contributed by atoms with van der Waals surface area (Å²) in [5.41, 5.74) is 1.31. The van der Waals surface area contributed by atoms with E-state index in [1.165, 1.54) is 6.08 Å². The van der Waals surface area contributed by atoms with Crippen molar-refractivity contribution in [1.29, 1.82) is 0 Å². The zero-order chi connectivity index (χ0) is 14.7. The van der Waals surface area contributed by atoms with E-state index >= 15 is 0 Å². The summed E-state index contributed by atoms with van der Waals surface area (Å²) >= 11 is 0. The van der Waals surface area contributed by atoms with E-state index in [0.29, 0.717) is 17.2 Å². The van der Waals surface area contributed by atoms with E-state index in [1.807, 2.05) is 30.3 Å². The molecule has 3 rings (SSSR count). The maximum absolute atomic E-state index is 11.2. The molecule has 3 aromatic rings. The molecule has 2 aromatic heterocycles. The summed E-state index contributed by atoms with van der Waals surface area (Å²) in [6.07, 6.45) is 2.96. The van der Waals surface area contributed by atoms with Gasteiger partial charge in [0.15, 0.2) is 5.76 Å². The van der Waals surface area contributed by atoms with Crippen LogP contribution in [0, 0.1) is 0 Å². The highest BCUT2D eigenvalue weighted by atomic mass is 16.5. The largest absolute Gasteiger partial charge is 0.456 e. The van der Waals surface area contributed by atoms with Crippen LogP contribution in [0.2, 0.25) is 0 Å². The first kappa shape index (κ1) is 13.2. The molecule has 0 radical (unpaired) electrons. The molecule has 0 aliphatic heterocycles. The topological polar surface area (TPSA) is 65.5 Å². The fourth-order valence-corrected chi connectivity index (χ4v) is 1.93. The minimum atomic E-state index is -0.411. The zero-order valence-electron chi connectivity index (χ0n) is 11.4. The lowest BCUT2D eigenvalue weighted by Crippen LogP contribution is -2.00. The number of furan rings is 1. The molecule has 0 bridgehead atoms. The van der Waals surface area contributed by atoms with Crippen LogP contribution in [0.15, 0.2) is 57.5 Å². The third kappa shape index (κ3) is 2.86. The summed E-state index contributed by atoms with van der Waals surface area (Å²) in [6.45, 7) is 1.81. The predicted molar refractivity (Wildman–Crippen MR) is 76.3 cm³/mol. The van der Waals surface area contributed by atoms with Crippen LogP contribution in [0.25, 0.3) is 22.5 Å². The second-order valence-corrected chi connectivity index (χ2v) is 4.44. The third-order valence-corrected chi connectivity index (χ3v) is 2.89. The Morgan fingerprint density at radius 2 is 2.14 bits per heavy atom. The molecule has 2 heterocycles. The van der Waals surface area contributed by atoms with E-state index in [2.05, 4.69) is 5.16 Å². The second-order valence-electron chi connectivity index (χ2n) is 4.44. The summed E-state index contributed by atoms with van der Waals surface area (Å²) in [6, 6.07) is 11.3. The van der Waals surface area contributed by atoms with Gasteiger partial charge in [-0.1, -0.05) is 29.4 Å². The molecule has 0 saturated carbocycles. The van der Waals surface area contributed by atoms with Crippen LogP contribution in [0.5, 0.6) is 0 Å². The minimum absolute atomic E-state index is 0.0624. The van der Waals surface area contributed by atoms with Crippen molar-refractivity contribution in [3.05, 3.63) is 54.2 Å². The Labute approximate surface area is 120 Å². The maximum Gasteiger partial charge on any atom is 0.330 e. The number of nitrogens with zero attached hydrogens (tertiary/aromatic N) is 1. The van der Waals surface area contributed by atoms with Gasteiger partial charge in [0.2, 0.25) is 5.76 Å². The van der Waals surface area contributed by atoms with Crippen molar-refractivity contribution in [2.45, 2.75) is 13.5 Å². The number of ether oxygens (including phenoxy) is 1. The molecule has 0 spiro atoms. The quantitative estimate of drug-likeness (QED) is 0.539. The Morgan fingerprint density at radius 3 is 2.95 bits per heavy atom. The fraction of sp³-hybridized carbons (Fsp3) is 0.125. The third-order valence-electron chi connectivity index (χ3n) is 2.89. The molecule has 0 aliphatic rings. The molecule has 0 aliphatic carbocycles. The highest BCUT2D eigenvalue weighted by molar-refractivity contribution is 5.82. The van der Waals surface area contributed by atoms with Crippen LogP contribution in [-0.2, 0) is 16.1 Å². The number of rotatable bonds is 4. The van der Waals surface area contributed by atoms with E-state index in [1.54, 1.807) is 19.1 Å². The number of carbonyl (C=O) groups is 1. The second kappa shape index (κ2) is 5.66. The molecule has 1 aromatic carbocycles. The number of fused-ring (bicyclic) bond motifs is 1. The molecule has 5 heteroatoms. The lowest BCUT2D eigenvalue weighted by atomic mass is 10.2. The molecule has 0 fully saturated rings. The zero-order valence-corrected chi connectivity index (χ0v) is 11.4. The number of hydrogen-bond acceptors (Lipinski definition) is 5. The predicted octanol–water partition coefficient (Wildman–Crippen LogP) is 3.71. The number of aromatic nitrogens is 1. The van der Waals surface area contributed by atoms with Crippen LogP contribution in [0.1, 0.15) is 12.6 Å². The number of para-hydroxylation sites is 1. The number of benzene rings is 1. The van der Waals surface area contributed by atoms with Gasteiger partial charge in [-0.05, 0) is 19.1 Å². The average Bonchev–Trinajstić information content (AvgIpc) is 3.11. The Bertz CT molecular complexity index is 764. The van der Waals surface area contributed by atoms with Crippen molar-refractivity contribution in [3.63, 3.8) is 0 Å². The first-order valence-corrected chi connectivity index (χ1v) is 6.50. The molecular weight excluding hydrogens is 270 g/mol. The van der Waals surface area contributed by atoms with Crippen LogP contribution >= 0.6 is 0 Å². The number of hydrogen-bond donors (Lipinski definition) is 0. The summed E-state index contributed by atoms with van der Waals surface area (Å²) in [4.78, 5) is 11.2. The molecule has 21 heavy (non-hydrogen) atoms. The molecule has 0 N–H and O–H groups in total. The van der Waals surface area contributed by atoms with Gasteiger partial charge in [0.25, 0.3) is 0 Å². The SMILES string of the molecule is CC=CC(=O)OCc1cc(-c2cc3ccccc3o2)on1. The van der Waals surface area contributed by atoms with Crippen LogP contribution in [-0.4, -0.2) is 11.1 Å². The van der Waals surface area contributed by atoms with Gasteiger partial charge in [0.1, 0.15) is 17.9 Å². The summed E-state index contributed by atoms with van der Waals surface area (Å²) in [5.74, 6) is 0.684. The lowest BCUT2D eigenvalue weighted by Gasteiger charge is -1.95. The van der Waals surface area contributed by atoms with Crippen molar-refractivity contribution < 1.29 is 18.5 Å². The van der Waals surface area contributed by atoms with Gasteiger partial charge in [-0.2, -0.15) is 0 Å². The Hall–Kier alpha value is -2.82. The first-order valence-electron chi connectivity index (χ1n) is 6.50. The molecule has 0 unspecified atom stereocenters. The number of esters is 1. The van der Waals surface area contributed by atoms with Gasteiger partial charge in [-0.15, -0.1) is 0 Å². The van der Waals surface area contributed by atoms with Crippen molar-refractivity contribution in [2.24, 2.45) is 0 Å². The smallest absolute Gasteiger partial charge is 0.330 e. The molecule has 5 nitrogen and oxygen atoms in total. The number of carbonyl (C=O) groups excluding carboxylic acids is 1. The van der Waals surface area contributed by atoms with Crippen LogP contribution < -0.4 is 0 Å². The van der Waals surface area contributed by atoms with E-state index < -0.39 is 5.97 Å². The van der Waals surface area contributed by atoms with E-state index in [0.717, 1.165) is 11.0 Å². The first-order chi connectivity index (χ1) is 10.3. The summed E-state index contributed by atoms with van der Waals surface area (Å²) in [7, 11) is 0. The van der Waals surface area contributed by atoms with Gasteiger partial charge in [-0.25, -0.2) is 4.79 Å². The fourth-order valence-electron chi connectivity index (χ4n) is 1.93. The molecule has 0 atom stereocenters. The highest BCUT2D eigenvalue weighted by Crippen LogP contribution is 2.28. The molecule has 106 valence electrons. The van der Waals surface area contributed by atoms with Crippen LogP contribution in [0.4, 0.5) is 0 Å². The van der Waals surface area contributed by atoms with Gasteiger partial charge in [-0.3, -0.25) is 0 Å². The highest BCUT2D eigenvalue weighted by Gasteiger charge is 2.12. The van der Waals surface area contributed by atoms with E-state index in [4.69, 9.17) is 13.7 Å². The molecule has 0 saturated heterocycles. The Kier molecular flexibility index (Phi) is 3.55. The standard InChI is InChI=1S/C16H13NO4/c1-2-5-16(18)19-10-12-9-15(21-17-12)14-8-11-6-3-4-7-13(11)20-14/h2-9H,10H2,1H3. The minimum Gasteiger partial charge on any atom is -0.456 e.